The second-order valence-electron chi connectivity index (χ2n) is 4.98. The van der Waals surface area contributed by atoms with Crippen molar-refractivity contribution in [2.45, 2.75) is 32.9 Å². The predicted octanol–water partition coefficient (Wildman–Crippen LogP) is 3.35. The van der Waals surface area contributed by atoms with E-state index in [2.05, 4.69) is 11.8 Å². The van der Waals surface area contributed by atoms with Crippen LogP contribution in [0, 0.1) is 5.92 Å². The number of hydrogen-bond acceptors (Lipinski definition) is 2. The molecule has 0 aliphatic heterocycles. The third kappa shape index (κ3) is 4.30. The van der Waals surface area contributed by atoms with Gasteiger partial charge in [-0.25, -0.2) is 0 Å². The number of aliphatic hydroxyl groups is 1. The molecule has 1 rings (SSSR count). The van der Waals surface area contributed by atoms with E-state index < -0.39 is 0 Å². The van der Waals surface area contributed by atoms with E-state index in [0.29, 0.717) is 6.54 Å². The van der Waals surface area contributed by atoms with Gasteiger partial charge in [0.1, 0.15) is 0 Å². The van der Waals surface area contributed by atoms with Crippen LogP contribution in [0.2, 0.25) is 5.02 Å². The van der Waals surface area contributed by atoms with Gasteiger partial charge in [-0.2, -0.15) is 0 Å². The van der Waals surface area contributed by atoms with Crippen molar-refractivity contribution in [1.29, 1.82) is 0 Å². The Bertz CT molecular complexity index is 337. The van der Waals surface area contributed by atoms with Gasteiger partial charge < -0.3 is 5.11 Å². The monoisotopic (exact) mass is 255 g/mol. The maximum atomic E-state index is 9.87. The second-order valence-corrected chi connectivity index (χ2v) is 5.41. The summed E-state index contributed by atoms with van der Waals surface area (Å²) >= 11 is 5.87. The molecule has 0 amide bonds. The molecular formula is C14H22ClNO. The largest absolute Gasteiger partial charge is 0.392 e. The molecule has 0 aliphatic rings. The molecule has 1 aromatic rings. The van der Waals surface area contributed by atoms with Gasteiger partial charge in [-0.1, -0.05) is 37.6 Å². The van der Waals surface area contributed by atoms with Gasteiger partial charge in [-0.3, -0.25) is 4.90 Å². The van der Waals surface area contributed by atoms with Crippen LogP contribution in [-0.4, -0.2) is 29.7 Å². The standard InChI is InChI=1S/C14H22ClNO/c1-10(2)14(17)9-16(4)11(3)12-5-7-13(15)8-6-12/h5-8,10-11,14,17H,9H2,1-4H3. The van der Waals surface area contributed by atoms with Crippen molar-refractivity contribution in [3.63, 3.8) is 0 Å². The van der Waals surface area contributed by atoms with Crippen LogP contribution in [0.5, 0.6) is 0 Å². The number of aliphatic hydroxyl groups excluding tert-OH is 1. The minimum atomic E-state index is -0.283. The third-order valence-electron chi connectivity index (χ3n) is 3.26. The number of likely N-dealkylation sites (N-methyl/N-ethyl adjacent to an activating group) is 1. The van der Waals surface area contributed by atoms with E-state index in [1.54, 1.807) is 0 Å². The molecule has 96 valence electrons. The second kappa shape index (κ2) is 6.39. The van der Waals surface area contributed by atoms with Crippen molar-refractivity contribution in [1.82, 2.24) is 4.90 Å². The Labute approximate surface area is 109 Å². The molecular weight excluding hydrogens is 234 g/mol. The summed E-state index contributed by atoms with van der Waals surface area (Å²) in [7, 11) is 2.03. The first-order chi connectivity index (χ1) is 7.91. The Morgan fingerprint density at radius 1 is 1.18 bits per heavy atom. The van der Waals surface area contributed by atoms with Crippen molar-refractivity contribution < 1.29 is 5.11 Å². The average Bonchev–Trinajstić information content (AvgIpc) is 2.28. The highest BCUT2D eigenvalue weighted by atomic mass is 35.5. The highest BCUT2D eigenvalue weighted by molar-refractivity contribution is 6.30. The van der Waals surface area contributed by atoms with E-state index in [9.17, 15) is 5.11 Å². The molecule has 1 N–H and O–H groups in total. The molecule has 0 fully saturated rings. The van der Waals surface area contributed by atoms with Crippen molar-refractivity contribution in [2.75, 3.05) is 13.6 Å². The van der Waals surface area contributed by atoms with E-state index in [1.807, 2.05) is 45.2 Å². The molecule has 0 spiro atoms. The van der Waals surface area contributed by atoms with Crippen molar-refractivity contribution in [2.24, 2.45) is 5.92 Å². The van der Waals surface area contributed by atoms with Gasteiger partial charge in [-0.05, 0) is 37.6 Å². The van der Waals surface area contributed by atoms with Gasteiger partial charge in [-0.15, -0.1) is 0 Å². The zero-order valence-corrected chi connectivity index (χ0v) is 11.8. The number of nitrogens with zero attached hydrogens (tertiary/aromatic N) is 1. The number of halogens is 1. The molecule has 0 heterocycles. The zero-order chi connectivity index (χ0) is 13.0. The minimum Gasteiger partial charge on any atom is -0.392 e. The lowest BCUT2D eigenvalue weighted by Crippen LogP contribution is -2.34. The molecule has 17 heavy (non-hydrogen) atoms. The Morgan fingerprint density at radius 2 is 1.71 bits per heavy atom. The first-order valence-electron chi connectivity index (χ1n) is 6.05. The van der Waals surface area contributed by atoms with Crippen LogP contribution < -0.4 is 0 Å². The minimum absolute atomic E-state index is 0.278. The molecule has 0 aliphatic carbocycles. The van der Waals surface area contributed by atoms with Gasteiger partial charge in [0.05, 0.1) is 6.10 Å². The Balaban J connectivity index is 2.63. The summed E-state index contributed by atoms with van der Waals surface area (Å²) in [4.78, 5) is 2.16. The highest BCUT2D eigenvalue weighted by Crippen LogP contribution is 2.21. The fourth-order valence-corrected chi connectivity index (χ4v) is 1.79. The van der Waals surface area contributed by atoms with Crippen LogP contribution in [0.15, 0.2) is 24.3 Å². The fourth-order valence-electron chi connectivity index (χ4n) is 1.66. The molecule has 1 aromatic carbocycles. The van der Waals surface area contributed by atoms with E-state index in [4.69, 9.17) is 11.6 Å². The molecule has 0 aromatic heterocycles. The molecule has 0 radical (unpaired) electrons. The van der Waals surface area contributed by atoms with Crippen molar-refractivity contribution >= 4 is 11.6 Å². The van der Waals surface area contributed by atoms with Gasteiger partial charge in [0.15, 0.2) is 0 Å². The lowest BCUT2D eigenvalue weighted by molar-refractivity contribution is 0.0729. The van der Waals surface area contributed by atoms with E-state index >= 15 is 0 Å². The smallest absolute Gasteiger partial charge is 0.0690 e. The van der Waals surface area contributed by atoms with Gasteiger partial charge in [0.25, 0.3) is 0 Å². The van der Waals surface area contributed by atoms with Gasteiger partial charge in [0.2, 0.25) is 0 Å². The third-order valence-corrected chi connectivity index (χ3v) is 3.51. The number of hydrogen-bond donors (Lipinski definition) is 1. The molecule has 2 nitrogen and oxygen atoms in total. The maximum Gasteiger partial charge on any atom is 0.0690 e. The summed E-state index contributed by atoms with van der Waals surface area (Å²) < 4.78 is 0. The fraction of sp³-hybridized carbons (Fsp3) is 0.571. The quantitative estimate of drug-likeness (QED) is 0.872. The Hall–Kier alpha value is -0.570. The molecule has 0 saturated heterocycles. The van der Waals surface area contributed by atoms with Crippen LogP contribution in [0.4, 0.5) is 0 Å². The number of rotatable bonds is 5. The summed E-state index contributed by atoms with van der Waals surface area (Å²) in [6.07, 6.45) is -0.283. The lowest BCUT2D eigenvalue weighted by Gasteiger charge is -2.28. The Kier molecular flexibility index (Phi) is 5.44. The van der Waals surface area contributed by atoms with Gasteiger partial charge >= 0.3 is 0 Å². The molecule has 2 unspecified atom stereocenters. The first-order valence-corrected chi connectivity index (χ1v) is 6.43. The summed E-state index contributed by atoms with van der Waals surface area (Å²) in [5, 5.41) is 10.6. The van der Waals surface area contributed by atoms with Crippen LogP contribution in [0.25, 0.3) is 0 Å². The normalized spacial score (nSPS) is 15.3. The van der Waals surface area contributed by atoms with E-state index in [1.165, 1.54) is 5.56 Å². The van der Waals surface area contributed by atoms with E-state index in [-0.39, 0.29) is 18.1 Å². The predicted molar refractivity (Wildman–Crippen MR) is 73.3 cm³/mol. The summed E-state index contributed by atoms with van der Waals surface area (Å²) in [6, 6.07) is 8.15. The zero-order valence-electron chi connectivity index (χ0n) is 11.0. The maximum absolute atomic E-state index is 9.87. The van der Waals surface area contributed by atoms with Crippen LogP contribution in [0.1, 0.15) is 32.4 Å². The lowest BCUT2D eigenvalue weighted by atomic mass is 10.0. The molecule has 3 heteroatoms. The van der Waals surface area contributed by atoms with Crippen molar-refractivity contribution in [3.8, 4) is 0 Å². The number of benzene rings is 1. The highest BCUT2D eigenvalue weighted by Gasteiger charge is 2.17. The van der Waals surface area contributed by atoms with Crippen LogP contribution in [0.3, 0.4) is 0 Å². The SMILES string of the molecule is CC(C)C(O)CN(C)C(C)c1ccc(Cl)cc1. The summed E-state index contributed by atoms with van der Waals surface area (Å²) in [6.45, 7) is 6.88. The molecule has 0 saturated carbocycles. The molecule has 2 atom stereocenters. The topological polar surface area (TPSA) is 23.5 Å². The average molecular weight is 256 g/mol. The van der Waals surface area contributed by atoms with Crippen molar-refractivity contribution in [3.05, 3.63) is 34.9 Å². The van der Waals surface area contributed by atoms with Crippen LogP contribution >= 0.6 is 11.6 Å². The molecule has 0 bridgehead atoms. The summed E-state index contributed by atoms with van der Waals surface area (Å²) in [5.74, 6) is 0.287. The Morgan fingerprint density at radius 3 is 2.18 bits per heavy atom. The van der Waals surface area contributed by atoms with Gasteiger partial charge in [0, 0.05) is 17.6 Å². The first kappa shape index (κ1) is 14.5. The van der Waals surface area contributed by atoms with Crippen LogP contribution in [-0.2, 0) is 0 Å². The van der Waals surface area contributed by atoms with E-state index in [0.717, 1.165) is 5.02 Å². The summed E-state index contributed by atoms with van der Waals surface area (Å²) in [5.41, 5.74) is 1.22.